The van der Waals surface area contributed by atoms with E-state index in [4.69, 9.17) is 0 Å². The van der Waals surface area contributed by atoms with Gasteiger partial charge in [-0.05, 0) is 0 Å². The quantitative estimate of drug-likeness (QED) is 0.380. The molecule has 0 aliphatic carbocycles. The van der Waals surface area contributed by atoms with Gasteiger partial charge in [0.25, 0.3) is 0 Å². The molecule has 0 bridgehead atoms. The lowest BCUT2D eigenvalue weighted by Crippen LogP contribution is -2.78. The summed E-state index contributed by atoms with van der Waals surface area (Å²) in [5.41, 5.74) is -0.0880. The van der Waals surface area contributed by atoms with Gasteiger partial charge < -0.3 is 10.6 Å². The van der Waals surface area contributed by atoms with E-state index in [0.717, 1.165) is 19.6 Å². The molecule has 1 amide bonds. The molecule has 2 aliphatic heterocycles. The SMILES string of the molecule is O=C1CCNC2(CNC2)N1. The smallest absolute Gasteiger partial charge is 0.222 e. The maximum absolute atomic E-state index is 10.9. The Morgan fingerprint density at radius 3 is 2.60 bits per heavy atom. The molecule has 2 saturated heterocycles. The molecule has 2 heterocycles. The van der Waals surface area contributed by atoms with Crippen LogP contribution in [-0.4, -0.2) is 31.2 Å². The number of rotatable bonds is 0. The normalized spacial score (nSPS) is 29.4. The second-order valence-corrected chi connectivity index (χ2v) is 2.91. The van der Waals surface area contributed by atoms with Crippen LogP contribution in [-0.2, 0) is 4.79 Å². The lowest BCUT2D eigenvalue weighted by molar-refractivity contribution is -0.126. The van der Waals surface area contributed by atoms with Crippen LogP contribution >= 0.6 is 0 Å². The molecular formula is C6H11N3O. The largest absolute Gasteiger partial charge is 0.336 e. The van der Waals surface area contributed by atoms with Crippen LogP contribution in [0, 0.1) is 0 Å². The molecule has 2 fully saturated rings. The van der Waals surface area contributed by atoms with Crippen LogP contribution in [0.2, 0.25) is 0 Å². The first-order chi connectivity index (χ1) is 4.81. The third-order valence-electron chi connectivity index (χ3n) is 2.05. The van der Waals surface area contributed by atoms with Crippen LogP contribution in [0.5, 0.6) is 0 Å². The summed E-state index contributed by atoms with van der Waals surface area (Å²) in [6.45, 7) is 2.53. The van der Waals surface area contributed by atoms with Crippen molar-refractivity contribution in [1.29, 1.82) is 0 Å². The molecule has 1 spiro atoms. The van der Waals surface area contributed by atoms with Crippen molar-refractivity contribution >= 4 is 5.91 Å². The van der Waals surface area contributed by atoms with Gasteiger partial charge in [-0.1, -0.05) is 0 Å². The average Bonchev–Trinajstić information content (AvgIpc) is 1.85. The summed E-state index contributed by atoms with van der Waals surface area (Å²) in [6.07, 6.45) is 0.613. The summed E-state index contributed by atoms with van der Waals surface area (Å²) in [5, 5.41) is 9.30. The Morgan fingerprint density at radius 2 is 2.20 bits per heavy atom. The van der Waals surface area contributed by atoms with Gasteiger partial charge in [0.15, 0.2) is 0 Å². The van der Waals surface area contributed by atoms with Gasteiger partial charge in [0.2, 0.25) is 5.91 Å². The number of carbonyl (C=O) groups excluding carboxylic acids is 1. The average molecular weight is 141 g/mol. The zero-order chi connectivity index (χ0) is 7.03. The Bertz CT molecular complexity index is 164. The maximum atomic E-state index is 10.9. The van der Waals surface area contributed by atoms with Gasteiger partial charge >= 0.3 is 0 Å². The van der Waals surface area contributed by atoms with Gasteiger partial charge in [0.05, 0.1) is 0 Å². The third kappa shape index (κ3) is 0.803. The number of hydrogen-bond donors (Lipinski definition) is 3. The summed E-state index contributed by atoms with van der Waals surface area (Å²) in [4.78, 5) is 10.9. The highest BCUT2D eigenvalue weighted by molar-refractivity contribution is 5.78. The van der Waals surface area contributed by atoms with Gasteiger partial charge in [0, 0.05) is 26.1 Å². The van der Waals surface area contributed by atoms with Crippen molar-refractivity contribution < 1.29 is 4.79 Å². The first-order valence-corrected chi connectivity index (χ1v) is 3.58. The second-order valence-electron chi connectivity index (χ2n) is 2.91. The Kier molecular flexibility index (Phi) is 1.18. The molecule has 0 saturated carbocycles. The lowest BCUT2D eigenvalue weighted by Gasteiger charge is -2.46. The van der Waals surface area contributed by atoms with E-state index in [9.17, 15) is 4.79 Å². The predicted octanol–water partition coefficient (Wildman–Crippen LogP) is -1.60. The van der Waals surface area contributed by atoms with Crippen molar-refractivity contribution in [3.63, 3.8) is 0 Å². The molecule has 3 N–H and O–H groups in total. The molecule has 4 nitrogen and oxygen atoms in total. The molecule has 0 aromatic heterocycles. The Morgan fingerprint density at radius 1 is 1.40 bits per heavy atom. The summed E-state index contributed by atoms with van der Waals surface area (Å²) in [5.74, 6) is 0.167. The van der Waals surface area contributed by atoms with E-state index in [0.29, 0.717) is 6.42 Å². The standard InChI is InChI=1S/C6H11N3O/c10-5-1-2-8-6(9-5)3-7-4-6/h7-8H,1-4H2,(H,9,10). The first-order valence-electron chi connectivity index (χ1n) is 3.58. The fourth-order valence-corrected chi connectivity index (χ4v) is 1.38. The number of carbonyl (C=O) groups is 1. The zero-order valence-corrected chi connectivity index (χ0v) is 5.74. The van der Waals surface area contributed by atoms with Crippen molar-refractivity contribution in [2.24, 2.45) is 0 Å². The summed E-state index contributed by atoms with van der Waals surface area (Å²) < 4.78 is 0. The Balaban J connectivity index is 2.02. The van der Waals surface area contributed by atoms with Gasteiger partial charge in [-0.2, -0.15) is 0 Å². The van der Waals surface area contributed by atoms with Gasteiger partial charge in [0.1, 0.15) is 5.66 Å². The van der Waals surface area contributed by atoms with E-state index < -0.39 is 0 Å². The van der Waals surface area contributed by atoms with Crippen molar-refractivity contribution in [2.45, 2.75) is 12.1 Å². The number of hydrogen-bond acceptors (Lipinski definition) is 3. The van der Waals surface area contributed by atoms with E-state index in [1.165, 1.54) is 0 Å². The molecule has 0 aromatic rings. The zero-order valence-electron chi connectivity index (χ0n) is 5.74. The highest BCUT2D eigenvalue weighted by Crippen LogP contribution is 2.09. The summed E-state index contributed by atoms with van der Waals surface area (Å²) >= 11 is 0. The van der Waals surface area contributed by atoms with Crippen molar-refractivity contribution in [3.05, 3.63) is 0 Å². The molecule has 56 valence electrons. The maximum Gasteiger partial charge on any atom is 0.222 e. The van der Waals surface area contributed by atoms with E-state index in [1.54, 1.807) is 0 Å². The molecule has 0 unspecified atom stereocenters. The molecule has 2 rings (SSSR count). The highest BCUT2D eigenvalue weighted by atomic mass is 16.2. The van der Waals surface area contributed by atoms with Crippen molar-refractivity contribution in [2.75, 3.05) is 19.6 Å². The predicted molar refractivity (Wildman–Crippen MR) is 36.4 cm³/mol. The number of nitrogens with one attached hydrogen (secondary N) is 3. The van der Waals surface area contributed by atoms with Crippen LogP contribution in [0.4, 0.5) is 0 Å². The van der Waals surface area contributed by atoms with Gasteiger partial charge in [-0.15, -0.1) is 0 Å². The van der Waals surface area contributed by atoms with E-state index in [-0.39, 0.29) is 11.6 Å². The van der Waals surface area contributed by atoms with E-state index >= 15 is 0 Å². The van der Waals surface area contributed by atoms with E-state index in [1.807, 2.05) is 0 Å². The molecule has 0 radical (unpaired) electrons. The monoisotopic (exact) mass is 141 g/mol. The Hall–Kier alpha value is -0.610. The molecule has 0 atom stereocenters. The molecule has 10 heavy (non-hydrogen) atoms. The fourth-order valence-electron chi connectivity index (χ4n) is 1.38. The van der Waals surface area contributed by atoms with Crippen LogP contribution in [0.15, 0.2) is 0 Å². The summed E-state index contributed by atoms with van der Waals surface area (Å²) in [6, 6.07) is 0. The molecular weight excluding hydrogens is 130 g/mol. The minimum absolute atomic E-state index is 0.0880. The first kappa shape index (κ1) is 6.12. The number of amides is 1. The van der Waals surface area contributed by atoms with Crippen molar-refractivity contribution in [3.8, 4) is 0 Å². The van der Waals surface area contributed by atoms with Crippen molar-refractivity contribution in [1.82, 2.24) is 16.0 Å². The molecule has 4 heteroatoms. The summed E-state index contributed by atoms with van der Waals surface area (Å²) in [7, 11) is 0. The van der Waals surface area contributed by atoms with Crippen LogP contribution < -0.4 is 16.0 Å². The van der Waals surface area contributed by atoms with Gasteiger partial charge in [-0.3, -0.25) is 10.1 Å². The molecule has 0 aromatic carbocycles. The van der Waals surface area contributed by atoms with Gasteiger partial charge in [-0.25, -0.2) is 0 Å². The Labute approximate surface area is 59.4 Å². The third-order valence-corrected chi connectivity index (χ3v) is 2.05. The van der Waals surface area contributed by atoms with Crippen LogP contribution in [0.1, 0.15) is 6.42 Å². The minimum Gasteiger partial charge on any atom is -0.336 e. The lowest BCUT2D eigenvalue weighted by atomic mass is 10.0. The van der Waals surface area contributed by atoms with E-state index in [2.05, 4.69) is 16.0 Å². The minimum atomic E-state index is -0.0880. The fraction of sp³-hybridized carbons (Fsp3) is 0.833. The second kappa shape index (κ2) is 1.93. The van der Waals surface area contributed by atoms with Crippen LogP contribution in [0.25, 0.3) is 0 Å². The topological polar surface area (TPSA) is 53.2 Å². The van der Waals surface area contributed by atoms with Crippen LogP contribution in [0.3, 0.4) is 0 Å². The molecule has 2 aliphatic rings. The highest BCUT2D eigenvalue weighted by Gasteiger charge is 2.39.